The summed E-state index contributed by atoms with van der Waals surface area (Å²) < 4.78 is 0. The highest BCUT2D eigenvalue weighted by molar-refractivity contribution is 7.11. The third kappa shape index (κ3) is 3.08. The van der Waals surface area contributed by atoms with Crippen LogP contribution in [0.15, 0.2) is 24.8 Å². The number of hydrogen-bond donors (Lipinski definition) is 1. The fourth-order valence-electron chi connectivity index (χ4n) is 1.61. The molecule has 0 radical (unpaired) electrons. The molecule has 17 heavy (non-hydrogen) atoms. The highest BCUT2D eigenvalue weighted by atomic mass is 32.1. The average Bonchev–Trinajstić information content (AvgIpc) is 2.78. The van der Waals surface area contributed by atoms with E-state index in [9.17, 15) is 0 Å². The predicted molar refractivity (Wildman–Crippen MR) is 69.0 cm³/mol. The van der Waals surface area contributed by atoms with Crippen molar-refractivity contribution in [3.05, 3.63) is 40.4 Å². The van der Waals surface area contributed by atoms with Gasteiger partial charge in [0, 0.05) is 23.5 Å². The summed E-state index contributed by atoms with van der Waals surface area (Å²) in [5.41, 5.74) is 0.949. The molecule has 0 aromatic carbocycles. The van der Waals surface area contributed by atoms with E-state index in [0.29, 0.717) is 0 Å². The Hall–Kier alpha value is -1.33. The van der Waals surface area contributed by atoms with Gasteiger partial charge in [0.25, 0.3) is 0 Å². The van der Waals surface area contributed by atoms with Crippen molar-refractivity contribution >= 4 is 11.3 Å². The van der Waals surface area contributed by atoms with E-state index in [1.807, 2.05) is 19.3 Å². The lowest BCUT2D eigenvalue weighted by molar-refractivity contribution is 0.591. The molecule has 0 bridgehead atoms. The molecule has 0 aliphatic carbocycles. The van der Waals surface area contributed by atoms with Crippen molar-refractivity contribution in [2.24, 2.45) is 0 Å². The molecule has 0 spiro atoms. The van der Waals surface area contributed by atoms with Crippen LogP contribution in [0.1, 0.15) is 35.0 Å². The van der Waals surface area contributed by atoms with Crippen molar-refractivity contribution in [2.75, 3.05) is 6.54 Å². The summed E-state index contributed by atoms with van der Waals surface area (Å²) >= 11 is 1.70. The average molecular weight is 248 g/mol. The minimum atomic E-state index is 0.106. The van der Waals surface area contributed by atoms with E-state index in [1.54, 1.807) is 23.7 Å². The van der Waals surface area contributed by atoms with Crippen LogP contribution in [0.3, 0.4) is 0 Å². The van der Waals surface area contributed by atoms with Gasteiger partial charge in [-0.05, 0) is 19.9 Å². The van der Waals surface area contributed by atoms with Crippen LogP contribution < -0.4 is 5.32 Å². The van der Waals surface area contributed by atoms with E-state index < -0.39 is 0 Å². The quantitative estimate of drug-likeness (QED) is 0.882. The van der Waals surface area contributed by atoms with Crippen LogP contribution in [0.25, 0.3) is 0 Å². The van der Waals surface area contributed by atoms with Crippen LogP contribution in [0.5, 0.6) is 0 Å². The first-order valence-corrected chi connectivity index (χ1v) is 6.54. The maximum atomic E-state index is 4.37. The van der Waals surface area contributed by atoms with E-state index in [2.05, 4.69) is 27.2 Å². The molecule has 2 aromatic heterocycles. The Bertz CT molecular complexity index is 455. The minimum Gasteiger partial charge on any atom is -0.304 e. The number of aromatic nitrogens is 3. The summed E-state index contributed by atoms with van der Waals surface area (Å²) in [6.07, 6.45) is 8.24. The van der Waals surface area contributed by atoms with Crippen LogP contribution in [0.2, 0.25) is 0 Å². The van der Waals surface area contributed by atoms with Crippen molar-refractivity contribution in [3.8, 4) is 0 Å². The normalized spacial score (nSPS) is 12.6. The zero-order chi connectivity index (χ0) is 12.1. The molecule has 0 saturated carbocycles. The molecule has 2 aromatic rings. The molecule has 0 aliphatic heterocycles. The fourth-order valence-corrected chi connectivity index (χ4v) is 2.48. The van der Waals surface area contributed by atoms with E-state index in [4.69, 9.17) is 0 Å². The minimum absolute atomic E-state index is 0.106. The highest BCUT2D eigenvalue weighted by Crippen LogP contribution is 2.24. The zero-order valence-electron chi connectivity index (χ0n) is 10.1. The number of thiazole rings is 1. The first-order valence-electron chi connectivity index (χ1n) is 5.73. The number of aryl methyl sites for hydroxylation is 1. The van der Waals surface area contributed by atoms with E-state index >= 15 is 0 Å². The summed E-state index contributed by atoms with van der Waals surface area (Å²) in [5, 5.41) is 4.56. The van der Waals surface area contributed by atoms with Crippen molar-refractivity contribution < 1.29 is 0 Å². The predicted octanol–water partition coefficient (Wildman–Crippen LogP) is 2.33. The van der Waals surface area contributed by atoms with Crippen molar-refractivity contribution in [1.82, 2.24) is 20.3 Å². The van der Waals surface area contributed by atoms with Crippen LogP contribution in [-0.2, 0) is 0 Å². The molecule has 2 rings (SSSR count). The van der Waals surface area contributed by atoms with Gasteiger partial charge in [-0.1, -0.05) is 6.92 Å². The van der Waals surface area contributed by atoms with Gasteiger partial charge >= 0.3 is 0 Å². The Labute approximate surface area is 105 Å². The molecular formula is C12H16N4S. The summed E-state index contributed by atoms with van der Waals surface area (Å²) in [5.74, 6) is 0. The third-order valence-electron chi connectivity index (χ3n) is 2.40. The van der Waals surface area contributed by atoms with Gasteiger partial charge in [0.05, 0.1) is 22.9 Å². The van der Waals surface area contributed by atoms with Gasteiger partial charge in [-0.15, -0.1) is 11.3 Å². The molecule has 2 heterocycles. The van der Waals surface area contributed by atoms with E-state index in [1.165, 1.54) is 4.88 Å². The largest absolute Gasteiger partial charge is 0.304 e. The zero-order valence-corrected chi connectivity index (χ0v) is 10.9. The lowest BCUT2D eigenvalue weighted by Crippen LogP contribution is -2.23. The maximum Gasteiger partial charge on any atom is 0.0897 e. The Morgan fingerprint density at radius 2 is 2.18 bits per heavy atom. The van der Waals surface area contributed by atoms with Gasteiger partial charge in [-0.2, -0.15) is 0 Å². The molecule has 1 atom stereocenters. The number of nitrogens with zero attached hydrogens (tertiary/aromatic N) is 3. The van der Waals surface area contributed by atoms with Crippen LogP contribution in [-0.4, -0.2) is 21.5 Å². The van der Waals surface area contributed by atoms with Gasteiger partial charge in [0.15, 0.2) is 0 Å². The summed E-state index contributed by atoms with van der Waals surface area (Å²) in [6.45, 7) is 5.12. The Balaban J connectivity index is 2.25. The molecule has 4 nitrogen and oxygen atoms in total. The van der Waals surface area contributed by atoms with Gasteiger partial charge in [0.2, 0.25) is 0 Å². The molecule has 90 valence electrons. The number of rotatable bonds is 5. The van der Waals surface area contributed by atoms with Gasteiger partial charge in [-0.25, -0.2) is 4.98 Å². The third-order valence-corrected chi connectivity index (χ3v) is 3.38. The second kappa shape index (κ2) is 5.84. The Morgan fingerprint density at radius 1 is 1.29 bits per heavy atom. The lowest BCUT2D eigenvalue weighted by Gasteiger charge is -2.15. The van der Waals surface area contributed by atoms with Gasteiger partial charge in [0.1, 0.15) is 0 Å². The van der Waals surface area contributed by atoms with Crippen molar-refractivity contribution in [2.45, 2.75) is 26.3 Å². The molecular weight excluding hydrogens is 232 g/mol. The standard InChI is InChI=1S/C12H16N4S/c1-3-4-15-12(10-7-13-5-6-14-10)11-8-16-9(2)17-11/h5-8,12,15H,3-4H2,1-2H3. The first-order chi connectivity index (χ1) is 8.31. The number of hydrogen-bond acceptors (Lipinski definition) is 5. The number of nitrogens with one attached hydrogen (secondary N) is 1. The van der Waals surface area contributed by atoms with Crippen molar-refractivity contribution in [3.63, 3.8) is 0 Å². The molecule has 0 amide bonds. The molecule has 0 fully saturated rings. The fraction of sp³-hybridized carbons (Fsp3) is 0.417. The van der Waals surface area contributed by atoms with Crippen molar-refractivity contribution in [1.29, 1.82) is 0 Å². The van der Waals surface area contributed by atoms with Crippen LogP contribution >= 0.6 is 11.3 Å². The lowest BCUT2D eigenvalue weighted by atomic mass is 10.2. The van der Waals surface area contributed by atoms with Gasteiger partial charge < -0.3 is 5.32 Å². The second-order valence-electron chi connectivity index (χ2n) is 3.80. The maximum absolute atomic E-state index is 4.37. The topological polar surface area (TPSA) is 50.7 Å². The monoisotopic (exact) mass is 248 g/mol. The Morgan fingerprint density at radius 3 is 2.76 bits per heavy atom. The smallest absolute Gasteiger partial charge is 0.0897 e. The van der Waals surface area contributed by atoms with Crippen LogP contribution in [0.4, 0.5) is 0 Å². The summed E-state index contributed by atoms with van der Waals surface area (Å²) in [6, 6.07) is 0.106. The molecule has 1 unspecified atom stereocenters. The summed E-state index contributed by atoms with van der Waals surface area (Å²) in [7, 11) is 0. The summed E-state index contributed by atoms with van der Waals surface area (Å²) in [4.78, 5) is 14.0. The Kier molecular flexibility index (Phi) is 4.17. The SMILES string of the molecule is CCCNC(c1cnccn1)c1cnc(C)s1. The molecule has 1 N–H and O–H groups in total. The first kappa shape index (κ1) is 12.1. The molecule has 0 aliphatic rings. The molecule has 5 heteroatoms. The molecule has 0 saturated heterocycles. The second-order valence-corrected chi connectivity index (χ2v) is 5.07. The van der Waals surface area contributed by atoms with E-state index in [0.717, 1.165) is 23.7 Å². The van der Waals surface area contributed by atoms with E-state index in [-0.39, 0.29) is 6.04 Å². The highest BCUT2D eigenvalue weighted by Gasteiger charge is 2.16. The van der Waals surface area contributed by atoms with Gasteiger partial charge in [-0.3, -0.25) is 9.97 Å². The van der Waals surface area contributed by atoms with Crippen LogP contribution in [0, 0.1) is 6.92 Å².